The van der Waals surface area contributed by atoms with E-state index in [0.29, 0.717) is 19.3 Å². The number of carbonyl (C=O) groups is 1. The van der Waals surface area contributed by atoms with Crippen LogP contribution in [0.3, 0.4) is 0 Å². The predicted molar refractivity (Wildman–Crippen MR) is 91.7 cm³/mol. The summed E-state index contributed by atoms with van der Waals surface area (Å²) >= 11 is 0. The number of aromatic nitrogens is 2. The van der Waals surface area contributed by atoms with Gasteiger partial charge in [-0.25, -0.2) is 13.1 Å². The van der Waals surface area contributed by atoms with Crippen LogP contribution in [-0.4, -0.2) is 53.6 Å². The average molecular weight is 347 g/mol. The summed E-state index contributed by atoms with van der Waals surface area (Å²) in [5, 5.41) is 4.32. The molecule has 1 aromatic carbocycles. The van der Waals surface area contributed by atoms with Gasteiger partial charge in [-0.2, -0.15) is 5.10 Å². The van der Waals surface area contributed by atoms with E-state index in [2.05, 4.69) is 5.10 Å². The lowest BCUT2D eigenvalue weighted by molar-refractivity contribution is -0.131. The Kier molecular flexibility index (Phi) is 4.71. The third kappa shape index (κ3) is 3.84. The van der Waals surface area contributed by atoms with E-state index >= 15 is 0 Å². The molecule has 0 saturated carbocycles. The minimum Gasteiger partial charge on any atom is -0.342 e. The summed E-state index contributed by atoms with van der Waals surface area (Å²) < 4.78 is 24.9. The fourth-order valence-corrected chi connectivity index (χ4v) is 4.70. The molecule has 1 fully saturated rings. The number of aryl methyl sites for hydroxylation is 1. The lowest BCUT2D eigenvalue weighted by Gasteiger charge is -2.23. The van der Waals surface area contributed by atoms with Crippen LogP contribution in [0.15, 0.2) is 42.7 Å². The molecule has 0 bridgehead atoms. The van der Waals surface area contributed by atoms with Crippen LogP contribution in [0.1, 0.15) is 18.4 Å². The number of sulfone groups is 1. The number of nitrogens with zero attached hydrogens (tertiary/aromatic N) is 3. The van der Waals surface area contributed by atoms with Crippen molar-refractivity contribution >= 4 is 15.7 Å². The molecular weight excluding hydrogens is 326 g/mol. The molecule has 0 spiro atoms. The highest BCUT2D eigenvalue weighted by Crippen LogP contribution is 2.18. The maximum atomic E-state index is 12.3. The molecule has 2 heterocycles. The summed E-state index contributed by atoms with van der Waals surface area (Å²) in [7, 11) is -1.28. The Morgan fingerprint density at radius 2 is 2.08 bits per heavy atom. The molecule has 7 heteroatoms. The minimum absolute atomic E-state index is 0.0236. The first-order valence-electron chi connectivity index (χ1n) is 8.00. The minimum atomic E-state index is -2.98. The molecule has 3 rings (SSSR count). The second kappa shape index (κ2) is 6.76. The largest absolute Gasteiger partial charge is 0.342 e. The van der Waals surface area contributed by atoms with Crippen molar-refractivity contribution in [2.24, 2.45) is 0 Å². The molecule has 1 amide bonds. The summed E-state index contributed by atoms with van der Waals surface area (Å²) in [5.41, 5.74) is 1.96. The molecule has 0 aliphatic carbocycles. The van der Waals surface area contributed by atoms with Crippen LogP contribution in [0.5, 0.6) is 0 Å². The van der Waals surface area contributed by atoms with E-state index in [-0.39, 0.29) is 23.5 Å². The molecule has 2 aromatic rings. The third-order valence-electron chi connectivity index (χ3n) is 4.43. The van der Waals surface area contributed by atoms with Gasteiger partial charge in [0.1, 0.15) is 0 Å². The molecule has 1 atom stereocenters. The van der Waals surface area contributed by atoms with Gasteiger partial charge in [-0.3, -0.25) is 4.79 Å². The maximum absolute atomic E-state index is 12.3. The van der Waals surface area contributed by atoms with Gasteiger partial charge in [0.2, 0.25) is 5.91 Å². The van der Waals surface area contributed by atoms with E-state index < -0.39 is 9.84 Å². The van der Waals surface area contributed by atoms with Crippen LogP contribution in [-0.2, 0) is 21.1 Å². The van der Waals surface area contributed by atoms with Crippen LogP contribution < -0.4 is 0 Å². The second-order valence-corrected chi connectivity index (χ2v) is 8.42. The fourth-order valence-electron chi connectivity index (χ4n) is 2.92. The zero-order chi connectivity index (χ0) is 17.2. The van der Waals surface area contributed by atoms with Crippen molar-refractivity contribution in [3.63, 3.8) is 0 Å². The zero-order valence-electron chi connectivity index (χ0n) is 13.6. The van der Waals surface area contributed by atoms with Gasteiger partial charge in [0.25, 0.3) is 0 Å². The lowest BCUT2D eigenvalue weighted by atomic mass is 10.1. The van der Waals surface area contributed by atoms with E-state index in [1.807, 2.05) is 36.5 Å². The lowest BCUT2D eigenvalue weighted by Crippen LogP contribution is -2.37. The topological polar surface area (TPSA) is 72.3 Å². The monoisotopic (exact) mass is 347 g/mol. The van der Waals surface area contributed by atoms with Crippen molar-refractivity contribution in [1.82, 2.24) is 14.7 Å². The van der Waals surface area contributed by atoms with Crippen molar-refractivity contribution in [2.45, 2.75) is 25.3 Å². The van der Waals surface area contributed by atoms with Crippen LogP contribution in [0.4, 0.5) is 0 Å². The Labute approximate surface area is 142 Å². The number of carbonyl (C=O) groups excluding carboxylic acids is 1. The summed E-state index contributed by atoms with van der Waals surface area (Å²) in [5.74, 6) is 0.241. The Balaban J connectivity index is 1.56. The van der Waals surface area contributed by atoms with E-state index in [4.69, 9.17) is 0 Å². The van der Waals surface area contributed by atoms with Gasteiger partial charge in [-0.15, -0.1) is 0 Å². The summed E-state index contributed by atoms with van der Waals surface area (Å²) in [6.45, 7) is 0. The molecule has 1 aliphatic heterocycles. The normalized spacial score (nSPS) is 19.3. The van der Waals surface area contributed by atoms with Gasteiger partial charge >= 0.3 is 0 Å². The Bertz CT molecular complexity index is 815. The van der Waals surface area contributed by atoms with E-state index in [9.17, 15) is 13.2 Å². The van der Waals surface area contributed by atoms with Crippen molar-refractivity contribution in [2.75, 3.05) is 18.6 Å². The van der Waals surface area contributed by atoms with Gasteiger partial charge in [-0.05, 0) is 30.5 Å². The molecule has 1 aromatic heterocycles. The quantitative estimate of drug-likeness (QED) is 0.821. The number of rotatable bonds is 5. The fraction of sp³-hybridized carbons (Fsp3) is 0.412. The average Bonchev–Trinajstić information content (AvgIpc) is 3.19. The molecule has 0 radical (unpaired) electrons. The van der Waals surface area contributed by atoms with E-state index in [1.54, 1.807) is 22.8 Å². The Morgan fingerprint density at radius 1 is 1.33 bits per heavy atom. The van der Waals surface area contributed by atoms with Crippen molar-refractivity contribution < 1.29 is 13.2 Å². The first-order chi connectivity index (χ1) is 11.4. The molecular formula is C17H21N3O3S. The molecule has 0 unspecified atom stereocenters. The molecule has 1 aliphatic rings. The molecule has 6 nitrogen and oxygen atoms in total. The van der Waals surface area contributed by atoms with Crippen molar-refractivity contribution in [3.05, 3.63) is 48.3 Å². The molecule has 24 heavy (non-hydrogen) atoms. The number of benzene rings is 1. The summed E-state index contributed by atoms with van der Waals surface area (Å²) in [6, 6.07) is 9.60. The number of para-hydroxylation sites is 1. The highest BCUT2D eigenvalue weighted by molar-refractivity contribution is 7.91. The summed E-state index contributed by atoms with van der Waals surface area (Å²) in [4.78, 5) is 13.9. The summed E-state index contributed by atoms with van der Waals surface area (Å²) in [6.07, 6.45) is 5.17. The number of hydrogen-bond donors (Lipinski definition) is 0. The van der Waals surface area contributed by atoms with Crippen LogP contribution in [0.25, 0.3) is 5.69 Å². The number of hydrogen-bond acceptors (Lipinski definition) is 4. The second-order valence-electron chi connectivity index (χ2n) is 6.19. The Hall–Kier alpha value is -2.15. The smallest absolute Gasteiger partial charge is 0.222 e. The molecule has 0 N–H and O–H groups in total. The standard InChI is InChI=1S/C17H21N3O3S/c1-19(16-9-10-24(22,23)13-16)17(21)8-7-14-11-18-20(12-14)15-5-3-2-4-6-15/h2-6,11-12,16H,7-10,13H2,1H3/t16-/m0/s1. The molecule has 1 saturated heterocycles. The first kappa shape index (κ1) is 16.7. The van der Waals surface area contributed by atoms with Crippen LogP contribution in [0.2, 0.25) is 0 Å². The van der Waals surface area contributed by atoms with Crippen LogP contribution >= 0.6 is 0 Å². The van der Waals surface area contributed by atoms with E-state index in [1.165, 1.54) is 0 Å². The van der Waals surface area contributed by atoms with Gasteiger partial charge in [0, 0.05) is 25.7 Å². The number of amides is 1. The predicted octanol–water partition coefficient (Wildman–Crippen LogP) is 1.45. The van der Waals surface area contributed by atoms with Crippen molar-refractivity contribution in [3.8, 4) is 5.69 Å². The maximum Gasteiger partial charge on any atom is 0.222 e. The van der Waals surface area contributed by atoms with Gasteiger partial charge < -0.3 is 4.90 Å². The van der Waals surface area contributed by atoms with Crippen molar-refractivity contribution in [1.29, 1.82) is 0 Å². The zero-order valence-corrected chi connectivity index (χ0v) is 14.4. The van der Waals surface area contributed by atoms with Gasteiger partial charge in [-0.1, -0.05) is 18.2 Å². The Morgan fingerprint density at radius 3 is 2.75 bits per heavy atom. The van der Waals surface area contributed by atoms with Crippen LogP contribution in [0, 0.1) is 0 Å². The van der Waals surface area contributed by atoms with Gasteiger partial charge in [0.15, 0.2) is 9.84 Å². The highest BCUT2D eigenvalue weighted by atomic mass is 32.2. The third-order valence-corrected chi connectivity index (χ3v) is 6.18. The highest BCUT2D eigenvalue weighted by Gasteiger charge is 2.32. The SMILES string of the molecule is CN(C(=O)CCc1cnn(-c2ccccc2)c1)[C@H]1CCS(=O)(=O)C1. The first-order valence-corrected chi connectivity index (χ1v) is 9.82. The van der Waals surface area contributed by atoms with E-state index in [0.717, 1.165) is 11.3 Å². The molecule has 128 valence electrons. The van der Waals surface area contributed by atoms with Gasteiger partial charge in [0.05, 0.1) is 23.4 Å².